The number of nitrogens with one attached hydrogen (secondary N) is 1. The van der Waals surface area contributed by atoms with E-state index in [9.17, 15) is 0 Å². The molecule has 96 valence electrons. The fourth-order valence-corrected chi connectivity index (χ4v) is 1.74. The van der Waals surface area contributed by atoms with Crippen molar-refractivity contribution in [3.63, 3.8) is 0 Å². The van der Waals surface area contributed by atoms with Crippen LogP contribution in [0.5, 0.6) is 0 Å². The average Bonchev–Trinajstić information content (AvgIpc) is 2.31. The highest BCUT2D eigenvalue weighted by molar-refractivity contribution is 5.49. The molecule has 0 radical (unpaired) electrons. The van der Waals surface area contributed by atoms with Gasteiger partial charge in [0.25, 0.3) is 0 Å². The number of hydrogen-bond acceptors (Lipinski definition) is 2. The summed E-state index contributed by atoms with van der Waals surface area (Å²) in [6, 6.07) is 6.81. The Balaban J connectivity index is 2.82. The molecule has 1 atom stereocenters. The van der Waals surface area contributed by atoms with Crippen molar-refractivity contribution in [3.05, 3.63) is 29.3 Å². The van der Waals surface area contributed by atoms with Gasteiger partial charge in [-0.2, -0.15) is 0 Å². The summed E-state index contributed by atoms with van der Waals surface area (Å²) >= 11 is 0. The van der Waals surface area contributed by atoms with Gasteiger partial charge in [-0.1, -0.05) is 13.0 Å². The molecular weight excluding hydrogens is 210 g/mol. The Labute approximate surface area is 105 Å². The molecule has 1 rings (SSSR count). The van der Waals surface area contributed by atoms with E-state index < -0.39 is 0 Å². The molecule has 0 spiro atoms. The topological polar surface area (TPSA) is 21.3 Å². The first kappa shape index (κ1) is 14.0. The van der Waals surface area contributed by atoms with Crippen LogP contribution in [-0.2, 0) is 11.2 Å². The number of hydrogen-bond donors (Lipinski definition) is 1. The van der Waals surface area contributed by atoms with Crippen LogP contribution < -0.4 is 5.32 Å². The van der Waals surface area contributed by atoms with E-state index in [0.717, 1.165) is 6.42 Å². The smallest absolute Gasteiger partial charge is 0.0820 e. The minimum Gasteiger partial charge on any atom is -0.380 e. The van der Waals surface area contributed by atoms with E-state index in [2.05, 4.69) is 58.1 Å². The maximum atomic E-state index is 5.49. The number of rotatable bonds is 5. The zero-order valence-electron chi connectivity index (χ0n) is 11.9. The van der Waals surface area contributed by atoms with Crippen LogP contribution in [0, 0.1) is 6.92 Å². The predicted molar refractivity (Wildman–Crippen MR) is 74.7 cm³/mol. The normalized spacial score (nSPS) is 13.5. The predicted octanol–water partition coefficient (Wildman–Crippen LogP) is 3.78. The van der Waals surface area contributed by atoms with Crippen LogP contribution in [-0.4, -0.2) is 18.8 Å². The molecule has 0 aromatic heterocycles. The molecule has 0 amide bonds. The lowest BCUT2D eigenvalue weighted by molar-refractivity contribution is 0.0107. The maximum absolute atomic E-state index is 5.49. The van der Waals surface area contributed by atoms with Gasteiger partial charge in [0.05, 0.1) is 11.6 Å². The molecule has 2 nitrogen and oxygen atoms in total. The SMILES string of the molecule is CCc1cc(NC(C)C(C)(C)OC)ccc1C. The number of methoxy groups -OCH3 is 1. The fraction of sp³-hybridized carbons (Fsp3) is 0.600. The monoisotopic (exact) mass is 235 g/mol. The summed E-state index contributed by atoms with van der Waals surface area (Å²) in [5.41, 5.74) is 3.76. The minimum absolute atomic E-state index is 0.169. The summed E-state index contributed by atoms with van der Waals surface area (Å²) < 4.78 is 5.49. The Morgan fingerprint density at radius 2 is 2.00 bits per heavy atom. The van der Waals surface area contributed by atoms with Gasteiger partial charge in [0.2, 0.25) is 0 Å². The molecular formula is C15H25NO. The summed E-state index contributed by atoms with van der Waals surface area (Å²) in [5.74, 6) is 0. The van der Waals surface area contributed by atoms with Crippen LogP contribution in [0.3, 0.4) is 0 Å². The molecule has 1 unspecified atom stereocenters. The lowest BCUT2D eigenvalue weighted by atomic mass is 9.99. The molecule has 17 heavy (non-hydrogen) atoms. The van der Waals surface area contributed by atoms with Crippen molar-refractivity contribution < 1.29 is 4.74 Å². The summed E-state index contributed by atoms with van der Waals surface area (Å²) in [7, 11) is 1.75. The first-order valence-corrected chi connectivity index (χ1v) is 6.32. The fourth-order valence-electron chi connectivity index (χ4n) is 1.74. The van der Waals surface area contributed by atoms with Gasteiger partial charge in [-0.05, 0) is 57.4 Å². The Kier molecular flexibility index (Phi) is 4.58. The molecule has 1 aromatic rings. The Hall–Kier alpha value is -1.02. The molecule has 0 aliphatic carbocycles. The summed E-state index contributed by atoms with van der Waals surface area (Å²) in [6.07, 6.45) is 1.07. The number of aryl methyl sites for hydroxylation is 2. The lowest BCUT2D eigenvalue weighted by Gasteiger charge is -2.31. The Morgan fingerprint density at radius 3 is 2.53 bits per heavy atom. The minimum atomic E-state index is -0.169. The third kappa shape index (κ3) is 3.47. The third-order valence-electron chi connectivity index (χ3n) is 3.68. The van der Waals surface area contributed by atoms with E-state index >= 15 is 0 Å². The second kappa shape index (κ2) is 5.54. The van der Waals surface area contributed by atoms with Gasteiger partial charge >= 0.3 is 0 Å². The summed E-state index contributed by atoms with van der Waals surface area (Å²) in [6.45, 7) is 10.7. The largest absolute Gasteiger partial charge is 0.380 e. The lowest BCUT2D eigenvalue weighted by Crippen LogP contribution is -2.41. The number of ether oxygens (including phenoxy) is 1. The molecule has 0 heterocycles. The standard InChI is InChI=1S/C15H25NO/c1-7-13-10-14(9-8-11(13)2)16-12(3)15(4,5)17-6/h8-10,12,16H,7H2,1-6H3. The van der Waals surface area contributed by atoms with E-state index in [1.54, 1.807) is 7.11 Å². The molecule has 0 bridgehead atoms. The van der Waals surface area contributed by atoms with Gasteiger partial charge in [0.1, 0.15) is 0 Å². The van der Waals surface area contributed by atoms with Gasteiger partial charge in [0, 0.05) is 12.8 Å². The second-order valence-corrected chi connectivity index (χ2v) is 5.17. The third-order valence-corrected chi connectivity index (χ3v) is 3.68. The molecule has 0 saturated heterocycles. The van der Waals surface area contributed by atoms with Crippen molar-refractivity contribution in [2.45, 2.75) is 52.7 Å². The first-order valence-electron chi connectivity index (χ1n) is 6.32. The van der Waals surface area contributed by atoms with Gasteiger partial charge in [0.15, 0.2) is 0 Å². The van der Waals surface area contributed by atoms with E-state index in [1.165, 1.54) is 16.8 Å². The summed E-state index contributed by atoms with van der Waals surface area (Å²) in [4.78, 5) is 0. The van der Waals surface area contributed by atoms with Crippen molar-refractivity contribution in [2.24, 2.45) is 0 Å². The molecule has 0 aliphatic rings. The molecule has 1 aromatic carbocycles. The van der Waals surface area contributed by atoms with Crippen LogP contribution in [0.25, 0.3) is 0 Å². The van der Waals surface area contributed by atoms with E-state index in [-0.39, 0.29) is 11.6 Å². The van der Waals surface area contributed by atoms with Gasteiger partial charge < -0.3 is 10.1 Å². The Bertz CT molecular complexity index is 371. The van der Waals surface area contributed by atoms with E-state index in [1.807, 2.05) is 0 Å². The van der Waals surface area contributed by atoms with Crippen LogP contribution in [0.15, 0.2) is 18.2 Å². The van der Waals surface area contributed by atoms with E-state index in [4.69, 9.17) is 4.74 Å². The van der Waals surface area contributed by atoms with Crippen LogP contribution >= 0.6 is 0 Å². The van der Waals surface area contributed by atoms with Crippen molar-refractivity contribution in [2.75, 3.05) is 12.4 Å². The maximum Gasteiger partial charge on any atom is 0.0820 e. The molecule has 1 N–H and O–H groups in total. The van der Waals surface area contributed by atoms with E-state index in [0.29, 0.717) is 0 Å². The molecule has 2 heteroatoms. The second-order valence-electron chi connectivity index (χ2n) is 5.17. The highest BCUT2D eigenvalue weighted by Crippen LogP contribution is 2.21. The van der Waals surface area contributed by atoms with Crippen molar-refractivity contribution in [3.8, 4) is 0 Å². The van der Waals surface area contributed by atoms with Crippen molar-refractivity contribution in [1.82, 2.24) is 0 Å². The molecule has 0 saturated carbocycles. The zero-order valence-corrected chi connectivity index (χ0v) is 11.9. The number of anilines is 1. The number of benzene rings is 1. The quantitative estimate of drug-likeness (QED) is 0.838. The van der Waals surface area contributed by atoms with Crippen molar-refractivity contribution >= 4 is 5.69 Å². The first-order chi connectivity index (χ1) is 7.90. The highest BCUT2D eigenvalue weighted by atomic mass is 16.5. The van der Waals surface area contributed by atoms with Crippen LogP contribution in [0.2, 0.25) is 0 Å². The highest BCUT2D eigenvalue weighted by Gasteiger charge is 2.24. The van der Waals surface area contributed by atoms with Crippen LogP contribution in [0.4, 0.5) is 5.69 Å². The summed E-state index contributed by atoms with van der Waals surface area (Å²) in [5, 5.41) is 3.51. The van der Waals surface area contributed by atoms with Gasteiger partial charge in [-0.15, -0.1) is 0 Å². The van der Waals surface area contributed by atoms with Gasteiger partial charge in [-0.25, -0.2) is 0 Å². The average molecular weight is 235 g/mol. The van der Waals surface area contributed by atoms with Crippen LogP contribution in [0.1, 0.15) is 38.8 Å². The molecule has 0 fully saturated rings. The van der Waals surface area contributed by atoms with Gasteiger partial charge in [-0.3, -0.25) is 0 Å². The molecule has 0 aliphatic heterocycles. The zero-order chi connectivity index (χ0) is 13.1. The Morgan fingerprint density at radius 1 is 1.35 bits per heavy atom. The van der Waals surface area contributed by atoms with Crippen molar-refractivity contribution in [1.29, 1.82) is 0 Å².